The zero-order valence-corrected chi connectivity index (χ0v) is 13.6. The largest absolute Gasteiger partial charge is 0.492 e. The van der Waals surface area contributed by atoms with Crippen LogP contribution in [0.25, 0.3) is 0 Å². The second-order valence-electron chi connectivity index (χ2n) is 4.86. The second-order valence-corrected chi connectivity index (χ2v) is 6.07. The first-order valence-electron chi connectivity index (χ1n) is 7.06. The van der Waals surface area contributed by atoms with Gasteiger partial charge in [-0.1, -0.05) is 35.3 Å². The lowest BCUT2D eigenvalue weighted by Crippen LogP contribution is -2.38. The van der Waals surface area contributed by atoms with Crippen molar-refractivity contribution in [3.05, 3.63) is 54.1 Å². The summed E-state index contributed by atoms with van der Waals surface area (Å²) in [5.74, 6) is 0.671. The van der Waals surface area contributed by atoms with E-state index in [1.165, 1.54) is 0 Å². The van der Waals surface area contributed by atoms with Crippen molar-refractivity contribution in [1.29, 1.82) is 0 Å². The molecule has 0 fully saturated rings. The summed E-state index contributed by atoms with van der Waals surface area (Å²) in [6, 6.07) is 13.6. The van der Waals surface area contributed by atoms with Gasteiger partial charge in [0, 0.05) is 0 Å². The summed E-state index contributed by atoms with van der Waals surface area (Å²) in [4.78, 5) is 12.2. The summed E-state index contributed by atoms with van der Waals surface area (Å²) in [6.45, 7) is 2.53. The minimum Gasteiger partial charge on any atom is -0.492 e. The molecule has 2 amide bonds. The average molecular weight is 328 g/mol. The lowest BCUT2D eigenvalue weighted by Gasteiger charge is -2.09. The van der Waals surface area contributed by atoms with Crippen LogP contribution in [0.4, 0.5) is 4.79 Å². The van der Waals surface area contributed by atoms with Gasteiger partial charge in [-0.2, -0.15) is 0 Å². The summed E-state index contributed by atoms with van der Waals surface area (Å²) in [5.41, 5.74) is 1.73. The van der Waals surface area contributed by atoms with Gasteiger partial charge in [0.2, 0.25) is 0 Å². The standard InChI is InChI=1S/C16H17BN2O3S/c1-12-2-8-15(9-3-12)23(21)19-16(20)18-10-11-22-14-6-4-13(17)5-7-14/h2-9H,10-11H2,1H3,(H2,18,19,20). The van der Waals surface area contributed by atoms with E-state index in [2.05, 4.69) is 10.0 Å². The molecule has 0 aliphatic heterocycles. The van der Waals surface area contributed by atoms with E-state index in [-0.39, 0.29) is 0 Å². The van der Waals surface area contributed by atoms with Gasteiger partial charge < -0.3 is 10.1 Å². The summed E-state index contributed by atoms with van der Waals surface area (Å²) < 4.78 is 19.8. The number of nitrogens with one attached hydrogen (secondary N) is 2. The molecule has 0 saturated heterocycles. The van der Waals surface area contributed by atoms with Gasteiger partial charge in [0.05, 0.1) is 11.4 Å². The Hall–Kier alpha value is -2.28. The highest BCUT2D eigenvalue weighted by Gasteiger charge is 2.07. The molecule has 0 bridgehead atoms. The fraction of sp³-hybridized carbons (Fsp3) is 0.188. The molecular weight excluding hydrogens is 311 g/mol. The molecule has 0 aromatic heterocycles. The lowest BCUT2D eigenvalue weighted by atomic mass is 9.97. The van der Waals surface area contributed by atoms with Crippen molar-refractivity contribution < 1.29 is 13.7 Å². The molecule has 2 radical (unpaired) electrons. The van der Waals surface area contributed by atoms with E-state index >= 15 is 0 Å². The lowest BCUT2D eigenvalue weighted by molar-refractivity contribution is 0.241. The van der Waals surface area contributed by atoms with Crippen LogP contribution in [-0.4, -0.2) is 31.2 Å². The van der Waals surface area contributed by atoms with E-state index in [1.54, 1.807) is 36.4 Å². The molecule has 2 aromatic rings. The van der Waals surface area contributed by atoms with Crippen molar-refractivity contribution >= 4 is 30.3 Å². The molecule has 1 unspecified atom stereocenters. The zero-order valence-electron chi connectivity index (χ0n) is 12.7. The molecule has 23 heavy (non-hydrogen) atoms. The van der Waals surface area contributed by atoms with Crippen LogP contribution in [0.15, 0.2) is 53.4 Å². The smallest absolute Gasteiger partial charge is 0.327 e. The molecule has 1 atom stereocenters. The van der Waals surface area contributed by atoms with E-state index in [0.717, 1.165) is 5.56 Å². The van der Waals surface area contributed by atoms with Crippen LogP contribution in [0, 0.1) is 6.92 Å². The van der Waals surface area contributed by atoms with E-state index in [0.29, 0.717) is 29.3 Å². The fourth-order valence-corrected chi connectivity index (χ4v) is 2.48. The van der Waals surface area contributed by atoms with Crippen molar-refractivity contribution in [2.45, 2.75) is 11.8 Å². The predicted molar refractivity (Wildman–Crippen MR) is 91.4 cm³/mol. The zero-order chi connectivity index (χ0) is 16.7. The Labute approximate surface area is 139 Å². The maximum Gasteiger partial charge on any atom is 0.327 e. The Morgan fingerprint density at radius 3 is 2.43 bits per heavy atom. The molecule has 0 heterocycles. The minimum atomic E-state index is -1.58. The van der Waals surface area contributed by atoms with Crippen molar-refractivity contribution in [1.82, 2.24) is 10.0 Å². The van der Waals surface area contributed by atoms with Crippen LogP contribution in [0.5, 0.6) is 5.75 Å². The fourth-order valence-electron chi connectivity index (χ4n) is 1.74. The molecule has 0 saturated carbocycles. The maximum absolute atomic E-state index is 11.9. The topological polar surface area (TPSA) is 67.4 Å². The Morgan fingerprint density at radius 1 is 1.13 bits per heavy atom. The molecule has 7 heteroatoms. The van der Waals surface area contributed by atoms with Crippen molar-refractivity contribution in [3.63, 3.8) is 0 Å². The monoisotopic (exact) mass is 328 g/mol. The van der Waals surface area contributed by atoms with Crippen molar-refractivity contribution in [2.75, 3.05) is 13.2 Å². The number of hydrogen-bond acceptors (Lipinski definition) is 3. The van der Waals surface area contributed by atoms with Gasteiger partial charge in [0.15, 0.2) is 11.0 Å². The third-order valence-corrected chi connectivity index (χ3v) is 4.03. The number of hydrogen-bond donors (Lipinski definition) is 2. The summed E-state index contributed by atoms with van der Waals surface area (Å²) >= 11 is 0. The third-order valence-electron chi connectivity index (χ3n) is 2.96. The number of carbonyl (C=O) groups is 1. The van der Waals surface area contributed by atoms with Gasteiger partial charge in [-0.3, -0.25) is 4.72 Å². The molecule has 0 spiro atoms. The molecule has 2 rings (SSSR count). The number of aryl methyl sites for hydroxylation is 1. The van der Waals surface area contributed by atoms with Gasteiger partial charge in [0.25, 0.3) is 0 Å². The molecule has 2 aromatic carbocycles. The second kappa shape index (κ2) is 8.38. The predicted octanol–water partition coefficient (Wildman–Crippen LogP) is 1.19. The van der Waals surface area contributed by atoms with E-state index in [1.807, 2.05) is 19.1 Å². The molecule has 5 nitrogen and oxygen atoms in total. The maximum atomic E-state index is 11.9. The van der Waals surface area contributed by atoms with Crippen LogP contribution in [0.3, 0.4) is 0 Å². The first-order valence-corrected chi connectivity index (χ1v) is 8.21. The molecule has 0 aliphatic carbocycles. The SMILES string of the molecule is [B]c1ccc(OCCNC(=O)NS(=O)c2ccc(C)cc2)cc1. The van der Waals surface area contributed by atoms with Crippen LogP contribution < -0.4 is 20.2 Å². The van der Waals surface area contributed by atoms with Crippen LogP contribution in [0.1, 0.15) is 5.56 Å². The van der Waals surface area contributed by atoms with E-state index in [9.17, 15) is 9.00 Å². The highest BCUT2D eigenvalue weighted by molar-refractivity contribution is 7.83. The summed E-state index contributed by atoms with van der Waals surface area (Å²) in [7, 11) is 3.99. The Kier molecular flexibility index (Phi) is 6.23. The summed E-state index contributed by atoms with van der Waals surface area (Å²) in [6.07, 6.45) is 0. The van der Waals surface area contributed by atoms with Crippen molar-refractivity contribution in [3.8, 4) is 5.75 Å². The molecule has 118 valence electrons. The highest BCUT2D eigenvalue weighted by atomic mass is 32.2. The normalized spacial score (nSPS) is 11.5. The highest BCUT2D eigenvalue weighted by Crippen LogP contribution is 2.07. The van der Waals surface area contributed by atoms with Gasteiger partial charge in [0.1, 0.15) is 20.2 Å². The molecular formula is C16H17BN2O3S. The number of carbonyl (C=O) groups excluding carboxylic acids is 1. The molecule has 0 aliphatic rings. The first-order chi connectivity index (χ1) is 11.0. The number of amides is 2. The third kappa shape index (κ3) is 5.79. The van der Waals surface area contributed by atoms with Crippen LogP contribution in [-0.2, 0) is 11.0 Å². The average Bonchev–Trinajstić information content (AvgIpc) is 2.54. The Morgan fingerprint density at radius 2 is 1.78 bits per heavy atom. The first kappa shape index (κ1) is 17.1. The minimum absolute atomic E-state index is 0.293. The van der Waals surface area contributed by atoms with Crippen LogP contribution >= 0.6 is 0 Å². The van der Waals surface area contributed by atoms with Crippen molar-refractivity contribution in [2.24, 2.45) is 0 Å². The quantitative estimate of drug-likeness (QED) is 0.618. The number of benzene rings is 2. The number of rotatable bonds is 6. The van der Waals surface area contributed by atoms with Gasteiger partial charge >= 0.3 is 6.03 Å². The van der Waals surface area contributed by atoms with Crippen LogP contribution in [0.2, 0.25) is 0 Å². The number of ether oxygens (including phenoxy) is 1. The Bertz CT molecular complexity index is 675. The van der Waals surface area contributed by atoms with E-state index < -0.39 is 17.0 Å². The van der Waals surface area contributed by atoms with E-state index in [4.69, 9.17) is 12.6 Å². The summed E-state index contributed by atoms with van der Waals surface area (Å²) in [5, 5.41) is 2.58. The molecule has 2 N–H and O–H groups in total. The van der Waals surface area contributed by atoms with Gasteiger partial charge in [-0.15, -0.1) is 0 Å². The van der Waals surface area contributed by atoms with Gasteiger partial charge in [-0.05, 0) is 31.2 Å². The van der Waals surface area contributed by atoms with Gasteiger partial charge in [-0.25, -0.2) is 9.00 Å². The Balaban J connectivity index is 1.69. The number of urea groups is 1.